The second kappa shape index (κ2) is 5.40. The Labute approximate surface area is 137 Å². The van der Waals surface area contributed by atoms with Crippen LogP contribution >= 0.6 is 0 Å². The van der Waals surface area contributed by atoms with Crippen LogP contribution in [0, 0.1) is 0 Å². The van der Waals surface area contributed by atoms with Gasteiger partial charge in [0.05, 0.1) is 37.9 Å². The van der Waals surface area contributed by atoms with Crippen molar-refractivity contribution < 1.29 is 14.2 Å². The van der Waals surface area contributed by atoms with Crippen LogP contribution in [0.15, 0.2) is 14.4 Å². The van der Waals surface area contributed by atoms with Crippen LogP contribution in [0.25, 0.3) is 0 Å². The number of hydrogen-bond donors (Lipinski definition) is 0. The summed E-state index contributed by atoms with van der Waals surface area (Å²) >= 11 is 0. The summed E-state index contributed by atoms with van der Waals surface area (Å²) in [5.74, 6) is 0. The summed E-state index contributed by atoms with van der Waals surface area (Å²) in [4.78, 5) is 38.7. The largest absolute Gasteiger partial charge is 0.371 e. The fourth-order valence-corrected chi connectivity index (χ4v) is 3.14. The van der Waals surface area contributed by atoms with Crippen molar-refractivity contribution in [2.45, 2.75) is 57.2 Å². The highest BCUT2D eigenvalue weighted by atomic mass is 16.6. The fourth-order valence-electron chi connectivity index (χ4n) is 3.14. The van der Waals surface area contributed by atoms with Gasteiger partial charge in [0.2, 0.25) is 0 Å². The van der Waals surface area contributed by atoms with Crippen LogP contribution in [0.1, 0.15) is 38.9 Å². The Kier molecular flexibility index (Phi) is 3.55. The molecule has 9 heteroatoms. The minimum absolute atomic E-state index is 0.172. The molecule has 0 spiro atoms. The zero-order valence-electron chi connectivity index (χ0n) is 13.9. The van der Waals surface area contributed by atoms with Crippen molar-refractivity contribution in [1.29, 1.82) is 0 Å². The second-order valence-electron chi connectivity index (χ2n) is 6.79. The third kappa shape index (κ3) is 2.47. The van der Waals surface area contributed by atoms with Gasteiger partial charge < -0.3 is 14.2 Å². The zero-order valence-corrected chi connectivity index (χ0v) is 13.9. The summed E-state index contributed by atoms with van der Waals surface area (Å²) < 4.78 is 19.1. The van der Waals surface area contributed by atoms with Crippen molar-refractivity contribution in [2.24, 2.45) is 0 Å². The summed E-state index contributed by atoms with van der Waals surface area (Å²) in [6.07, 6.45) is -0.515. The van der Waals surface area contributed by atoms with Crippen LogP contribution < -0.4 is 17.1 Å². The molecule has 3 aliphatic heterocycles. The first-order valence-corrected chi connectivity index (χ1v) is 8.26. The van der Waals surface area contributed by atoms with Crippen LogP contribution in [0.2, 0.25) is 0 Å². The van der Waals surface area contributed by atoms with E-state index in [1.807, 2.05) is 0 Å². The molecule has 3 aliphatic rings. The quantitative estimate of drug-likeness (QED) is 0.619. The van der Waals surface area contributed by atoms with Gasteiger partial charge in [-0.2, -0.15) is 0 Å². The molecule has 24 heavy (non-hydrogen) atoms. The van der Waals surface area contributed by atoms with Gasteiger partial charge >= 0.3 is 17.1 Å². The first-order valence-electron chi connectivity index (χ1n) is 8.26. The SMILES string of the molecule is CC(C1CO1)n1c(=O)n(C(C)C2CO2)c(=O)n(C(C)C2CO2)c1=O. The number of rotatable bonds is 6. The Bertz CT molecular complexity index is 687. The van der Waals surface area contributed by atoms with Gasteiger partial charge in [0.1, 0.15) is 18.3 Å². The fraction of sp³-hybridized carbons (Fsp3) is 0.800. The Hall–Kier alpha value is -1.71. The summed E-state index contributed by atoms with van der Waals surface area (Å²) in [6, 6.07) is -1.28. The Morgan fingerprint density at radius 3 is 1.04 bits per heavy atom. The summed E-state index contributed by atoms with van der Waals surface area (Å²) in [5, 5.41) is 0. The van der Waals surface area contributed by atoms with Crippen molar-refractivity contribution in [2.75, 3.05) is 19.8 Å². The minimum Gasteiger partial charge on any atom is -0.371 e. The van der Waals surface area contributed by atoms with Crippen molar-refractivity contribution in [3.05, 3.63) is 31.5 Å². The molecule has 0 bridgehead atoms. The number of ether oxygens (including phenoxy) is 3. The highest BCUT2D eigenvalue weighted by Gasteiger charge is 2.40. The van der Waals surface area contributed by atoms with E-state index in [0.29, 0.717) is 19.8 Å². The molecular formula is C15H21N3O6. The van der Waals surface area contributed by atoms with E-state index in [9.17, 15) is 14.4 Å². The zero-order chi connectivity index (χ0) is 17.2. The van der Waals surface area contributed by atoms with E-state index >= 15 is 0 Å². The lowest BCUT2D eigenvalue weighted by Gasteiger charge is -2.22. The predicted molar refractivity (Wildman–Crippen MR) is 82.6 cm³/mol. The van der Waals surface area contributed by atoms with E-state index in [-0.39, 0.29) is 18.3 Å². The molecule has 6 unspecified atom stereocenters. The van der Waals surface area contributed by atoms with Crippen LogP contribution in [0.4, 0.5) is 0 Å². The first kappa shape index (κ1) is 15.8. The third-order valence-corrected chi connectivity index (χ3v) is 5.15. The Morgan fingerprint density at radius 1 is 0.667 bits per heavy atom. The van der Waals surface area contributed by atoms with Crippen molar-refractivity contribution >= 4 is 0 Å². The van der Waals surface area contributed by atoms with Crippen LogP contribution in [-0.4, -0.2) is 51.8 Å². The molecule has 0 radical (unpaired) electrons. The minimum atomic E-state index is -0.601. The molecule has 0 saturated carbocycles. The lowest BCUT2D eigenvalue weighted by molar-refractivity contribution is 0.263. The summed E-state index contributed by atoms with van der Waals surface area (Å²) in [5.41, 5.74) is -1.80. The lowest BCUT2D eigenvalue weighted by atomic mass is 10.2. The molecule has 132 valence electrons. The molecular weight excluding hydrogens is 318 g/mol. The maximum Gasteiger partial charge on any atom is 0.337 e. The van der Waals surface area contributed by atoms with Gasteiger partial charge in [-0.3, -0.25) is 0 Å². The highest BCUT2D eigenvalue weighted by molar-refractivity contribution is 4.95. The molecule has 6 atom stereocenters. The molecule has 1 aromatic rings. The van der Waals surface area contributed by atoms with Crippen molar-refractivity contribution in [1.82, 2.24) is 13.7 Å². The predicted octanol–water partition coefficient (Wildman–Crippen LogP) is -0.949. The highest BCUT2D eigenvalue weighted by Crippen LogP contribution is 2.25. The van der Waals surface area contributed by atoms with Gasteiger partial charge in [-0.1, -0.05) is 0 Å². The second-order valence-corrected chi connectivity index (χ2v) is 6.79. The third-order valence-electron chi connectivity index (χ3n) is 5.15. The molecule has 1 aromatic heterocycles. The maximum atomic E-state index is 12.9. The van der Waals surface area contributed by atoms with Gasteiger partial charge in [0, 0.05) is 0 Å². The summed E-state index contributed by atoms with van der Waals surface area (Å²) in [6.45, 7) is 6.81. The van der Waals surface area contributed by atoms with Gasteiger partial charge in [-0.05, 0) is 20.8 Å². The van der Waals surface area contributed by atoms with Crippen LogP contribution in [0.5, 0.6) is 0 Å². The van der Waals surface area contributed by atoms with Gasteiger partial charge in [0.15, 0.2) is 0 Å². The van der Waals surface area contributed by atoms with Crippen molar-refractivity contribution in [3.63, 3.8) is 0 Å². The number of hydrogen-bond acceptors (Lipinski definition) is 6. The van der Waals surface area contributed by atoms with E-state index in [0.717, 1.165) is 13.7 Å². The molecule has 0 amide bonds. The van der Waals surface area contributed by atoms with Gasteiger partial charge in [0.25, 0.3) is 0 Å². The number of nitrogens with zero attached hydrogens (tertiary/aromatic N) is 3. The van der Waals surface area contributed by atoms with Crippen LogP contribution in [-0.2, 0) is 14.2 Å². The average molecular weight is 339 g/mol. The van der Waals surface area contributed by atoms with E-state index < -0.39 is 35.2 Å². The molecule has 3 fully saturated rings. The smallest absolute Gasteiger partial charge is 0.337 e. The Morgan fingerprint density at radius 2 is 0.875 bits per heavy atom. The molecule has 0 N–H and O–H groups in total. The van der Waals surface area contributed by atoms with Gasteiger partial charge in [-0.15, -0.1) is 0 Å². The molecule has 9 nitrogen and oxygen atoms in total. The first-order chi connectivity index (χ1) is 11.4. The number of epoxide rings is 3. The standard InChI is InChI=1S/C15H21N3O6/c1-7(10-4-22-10)16-13(19)17(8(2)11-5-23-11)15(21)18(14(16)20)9(3)12-6-24-12/h7-12H,4-6H2,1-3H3. The molecule has 4 heterocycles. The normalized spacial score (nSPS) is 31.4. The molecule has 3 saturated heterocycles. The molecule has 0 aliphatic carbocycles. The van der Waals surface area contributed by atoms with Crippen molar-refractivity contribution in [3.8, 4) is 0 Å². The monoisotopic (exact) mass is 339 g/mol. The molecule has 4 rings (SSSR count). The van der Waals surface area contributed by atoms with Gasteiger partial charge in [-0.25, -0.2) is 28.1 Å². The van der Waals surface area contributed by atoms with Crippen LogP contribution in [0.3, 0.4) is 0 Å². The summed E-state index contributed by atoms with van der Waals surface area (Å²) in [7, 11) is 0. The van der Waals surface area contributed by atoms with E-state index in [1.165, 1.54) is 0 Å². The van der Waals surface area contributed by atoms with E-state index in [1.54, 1.807) is 20.8 Å². The topological polar surface area (TPSA) is 104 Å². The van der Waals surface area contributed by atoms with E-state index in [2.05, 4.69) is 0 Å². The maximum absolute atomic E-state index is 12.9. The lowest BCUT2D eigenvalue weighted by Crippen LogP contribution is -2.58. The molecule has 0 aromatic carbocycles. The number of aromatic nitrogens is 3. The Balaban J connectivity index is 1.93. The average Bonchev–Trinajstić information content (AvgIpc) is 3.43. The van der Waals surface area contributed by atoms with E-state index in [4.69, 9.17) is 14.2 Å².